The molecule has 4 rings (SSSR count). The Bertz CT molecular complexity index is 903. The van der Waals surface area contributed by atoms with E-state index in [4.69, 9.17) is 9.63 Å². The smallest absolute Gasteiger partial charge is 0.259 e. The number of amides is 1. The standard InChI is InChI=1S/C22H22N2O3/c25-13-11-16-6-8-18(9-7-16)21-20(14-23-27-21)22(26)24-12-10-19(15-24)17-4-2-1-3-5-17/h1-9,14,19,25H,10-13,15H2. The zero-order valence-electron chi connectivity index (χ0n) is 15.0. The SMILES string of the molecule is O=C(c1cnoc1-c1ccc(CCO)cc1)N1CCC(c2ccccc2)C1. The van der Waals surface area contributed by atoms with Gasteiger partial charge in [-0.05, 0) is 24.0 Å². The average molecular weight is 362 g/mol. The summed E-state index contributed by atoms with van der Waals surface area (Å²) < 4.78 is 5.40. The molecule has 138 valence electrons. The van der Waals surface area contributed by atoms with Crippen LogP contribution in [0.2, 0.25) is 0 Å². The molecule has 1 unspecified atom stereocenters. The molecule has 1 fully saturated rings. The van der Waals surface area contributed by atoms with Crippen molar-refractivity contribution < 1.29 is 14.4 Å². The Labute approximate surface area is 158 Å². The summed E-state index contributed by atoms with van der Waals surface area (Å²) in [6.07, 6.45) is 3.08. The van der Waals surface area contributed by atoms with Gasteiger partial charge in [0.25, 0.3) is 5.91 Å². The monoisotopic (exact) mass is 362 g/mol. The predicted molar refractivity (Wildman–Crippen MR) is 102 cm³/mol. The van der Waals surface area contributed by atoms with Gasteiger partial charge in [0.15, 0.2) is 5.76 Å². The van der Waals surface area contributed by atoms with Crippen LogP contribution in [0.5, 0.6) is 0 Å². The van der Waals surface area contributed by atoms with Crippen LogP contribution >= 0.6 is 0 Å². The second kappa shape index (κ2) is 7.76. The number of aliphatic hydroxyl groups excluding tert-OH is 1. The maximum absolute atomic E-state index is 13.0. The van der Waals surface area contributed by atoms with Crippen molar-refractivity contribution in [2.75, 3.05) is 19.7 Å². The lowest BCUT2D eigenvalue weighted by Gasteiger charge is -2.16. The third-order valence-electron chi connectivity index (χ3n) is 5.16. The zero-order chi connectivity index (χ0) is 18.6. The minimum atomic E-state index is -0.0379. The Hall–Kier alpha value is -2.92. The first kappa shape index (κ1) is 17.5. The fourth-order valence-electron chi connectivity index (χ4n) is 3.66. The quantitative estimate of drug-likeness (QED) is 0.754. The lowest BCUT2D eigenvalue weighted by molar-refractivity contribution is 0.0791. The first-order chi connectivity index (χ1) is 13.3. The largest absolute Gasteiger partial charge is 0.396 e. The summed E-state index contributed by atoms with van der Waals surface area (Å²) in [5, 5.41) is 12.9. The van der Waals surface area contributed by atoms with E-state index in [1.165, 1.54) is 11.8 Å². The van der Waals surface area contributed by atoms with E-state index in [0.717, 1.165) is 24.1 Å². The van der Waals surface area contributed by atoms with Gasteiger partial charge in [0, 0.05) is 31.2 Å². The molecule has 3 aromatic rings. The molecule has 5 heteroatoms. The van der Waals surface area contributed by atoms with Crippen molar-refractivity contribution in [3.63, 3.8) is 0 Å². The number of carbonyl (C=O) groups is 1. The van der Waals surface area contributed by atoms with Crippen LogP contribution in [-0.2, 0) is 6.42 Å². The summed E-state index contributed by atoms with van der Waals surface area (Å²) in [6, 6.07) is 18.0. The highest BCUT2D eigenvalue weighted by molar-refractivity contribution is 5.99. The summed E-state index contributed by atoms with van der Waals surface area (Å²) in [7, 11) is 0. The molecule has 1 aliphatic rings. The van der Waals surface area contributed by atoms with Crippen molar-refractivity contribution in [2.24, 2.45) is 0 Å². The topological polar surface area (TPSA) is 66.6 Å². The number of hydrogen-bond acceptors (Lipinski definition) is 4. The van der Waals surface area contributed by atoms with E-state index in [0.29, 0.717) is 30.2 Å². The van der Waals surface area contributed by atoms with Gasteiger partial charge in [-0.2, -0.15) is 0 Å². The molecule has 0 bridgehead atoms. The highest BCUT2D eigenvalue weighted by Gasteiger charge is 2.30. The van der Waals surface area contributed by atoms with Crippen molar-refractivity contribution >= 4 is 5.91 Å². The van der Waals surface area contributed by atoms with Gasteiger partial charge in [-0.3, -0.25) is 4.79 Å². The molecule has 1 aromatic heterocycles. The number of carbonyl (C=O) groups excluding carboxylic acids is 1. The summed E-state index contributed by atoms with van der Waals surface area (Å²) in [5.41, 5.74) is 3.63. The zero-order valence-corrected chi connectivity index (χ0v) is 15.0. The second-order valence-electron chi connectivity index (χ2n) is 6.89. The van der Waals surface area contributed by atoms with Crippen LogP contribution < -0.4 is 0 Å². The first-order valence-corrected chi connectivity index (χ1v) is 9.25. The number of likely N-dealkylation sites (tertiary alicyclic amines) is 1. The Balaban J connectivity index is 1.51. The van der Waals surface area contributed by atoms with Crippen LogP contribution in [0.15, 0.2) is 65.3 Å². The number of benzene rings is 2. The van der Waals surface area contributed by atoms with Gasteiger partial charge in [-0.15, -0.1) is 0 Å². The van der Waals surface area contributed by atoms with Crippen LogP contribution in [0, 0.1) is 0 Å². The Morgan fingerprint density at radius 3 is 2.67 bits per heavy atom. The lowest BCUT2D eigenvalue weighted by atomic mass is 9.99. The molecule has 2 aromatic carbocycles. The molecule has 1 N–H and O–H groups in total. The van der Waals surface area contributed by atoms with Crippen LogP contribution in [0.1, 0.15) is 33.8 Å². The summed E-state index contributed by atoms with van der Waals surface area (Å²) >= 11 is 0. The Kier molecular flexibility index (Phi) is 5.03. The molecule has 0 aliphatic carbocycles. The average Bonchev–Trinajstić information content (AvgIpc) is 3.39. The van der Waals surface area contributed by atoms with Crippen molar-refractivity contribution in [1.29, 1.82) is 0 Å². The van der Waals surface area contributed by atoms with Gasteiger partial charge in [0.1, 0.15) is 5.56 Å². The Morgan fingerprint density at radius 1 is 1.15 bits per heavy atom. The second-order valence-corrected chi connectivity index (χ2v) is 6.89. The molecule has 1 saturated heterocycles. The minimum Gasteiger partial charge on any atom is -0.396 e. The first-order valence-electron chi connectivity index (χ1n) is 9.25. The molecule has 2 heterocycles. The van der Waals surface area contributed by atoms with E-state index in [1.807, 2.05) is 47.4 Å². The summed E-state index contributed by atoms with van der Waals surface area (Å²) in [6.45, 7) is 1.56. The molecule has 0 radical (unpaired) electrons. The van der Waals surface area contributed by atoms with Crippen molar-refractivity contribution in [2.45, 2.75) is 18.8 Å². The van der Waals surface area contributed by atoms with Gasteiger partial charge >= 0.3 is 0 Å². The van der Waals surface area contributed by atoms with Gasteiger partial charge in [-0.1, -0.05) is 59.8 Å². The highest BCUT2D eigenvalue weighted by Crippen LogP contribution is 2.30. The lowest BCUT2D eigenvalue weighted by Crippen LogP contribution is -2.28. The van der Waals surface area contributed by atoms with Gasteiger partial charge in [0.05, 0.1) is 6.20 Å². The van der Waals surface area contributed by atoms with E-state index in [-0.39, 0.29) is 12.5 Å². The van der Waals surface area contributed by atoms with Crippen molar-refractivity contribution in [3.05, 3.63) is 77.5 Å². The maximum Gasteiger partial charge on any atom is 0.259 e. The number of hydrogen-bond donors (Lipinski definition) is 1. The number of nitrogens with zero attached hydrogens (tertiary/aromatic N) is 2. The van der Waals surface area contributed by atoms with Crippen LogP contribution in [0.4, 0.5) is 0 Å². The fraction of sp³-hybridized carbons (Fsp3) is 0.273. The highest BCUT2D eigenvalue weighted by atomic mass is 16.5. The van der Waals surface area contributed by atoms with Gasteiger partial charge < -0.3 is 14.5 Å². The molecule has 0 saturated carbocycles. The summed E-state index contributed by atoms with van der Waals surface area (Å²) in [4.78, 5) is 14.9. The molecule has 1 aliphatic heterocycles. The maximum atomic E-state index is 13.0. The van der Waals surface area contributed by atoms with E-state index < -0.39 is 0 Å². The number of aliphatic hydroxyl groups is 1. The normalized spacial score (nSPS) is 16.6. The van der Waals surface area contributed by atoms with E-state index >= 15 is 0 Å². The predicted octanol–water partition coefficient (Wildman–Crippen LogP) is 3.51. The molecule has 27 heavy (non-hydrogen) atoms. The van der Waals surface area contributed by atoms with E-state index in [9.17, 15) is 4.79 Å². The number of rotatable bonds is 5. The molecular formula is C22H22N2O3. The fourth-order valence-corrected chi connectivity index (χ4v) is 3.66. The van der Waals surface area contributed by atoms with Crippen LogP contribution in [0.25, 0.3) is 11.3 Å². The van der Waals surface area contributed by atoms with E-state index in [1.54, 1.807) is 0 Å². The summed E-state index contributed by atoms with van der Waals surface area (Å²) in [5.74, 6) is 0.832. The minimum absolute atomic E-state index is 0.0379. The van der Waals surface area contributed by atoms with Crippen molar-refractivity contribution in [3.8, 4) is 11.3 Å². The number of aromatic nitrogens is 1. The molecule has 5 nitrogen and oxygen atoms in total. The van der Waals surface area contributed by atoms with Crippen LogP contribution in [0.3, 0.4) is 0 Å². The molecule has 1 atom stereocenters. The van der Waals surface area contributed by atoms with Crippen LogP contribution in [-0.4, -0.2) is 40.8 Å². The third kappa shape index (κ3) is 3.64. The van der Waals surface area contributed by atoms with Gasteiger partial charge in [0.2, 0.25) is 0 Å². The Morgan fingerprint density at radius 2 is 1.93 bits per heavy atom. The van der Waals surface area contributed by atoms with E-state index in [2.05, 4.69) is 17.3 Å². The van der Waals surface area contributed by atoms with Gasteiger partial charge in [-0.25, -0.2) is 0 Å². The molecule has 0 spiro atoms. The molecular weight excluding hydrogens is 340 g/mol. The molecule has 1 amide bonds. The van der Waals surface area contributed by atoms with Crippen molar-refractivity contribution in [1.82, 2.24) is 10.1 Å². The third-order valence-corrected chi connectivity index (χ3v) is 5.16.